The summed E-state index contributed by atoms with van der Waals surface area (Å²) in [6.45, 7) is 0. The zero-order valence-corrected chi connectivity index (χ0v) is 14.8. The number of carbonyl (C=O) groups excluding carboxylic acids is 1. The van der Waals surface area contributed by atoms with Crippen molar-refractivity contribution in [3.8, 4) is 5.75 Å². The molecule has 2 rings (SSSR count). The highest BCUT2D eigenvalue weighted by molar-refractivity contribution is 9.10. The molecule has 0 atom stereocenters. The number of halogens is 1. The van der Waals surface area contributed by atoms with Crippen molar-refractivity contribution in [1.29, 1.82) is 0 Å². The molecule has 0 bridgehead atoms. The van der Waals surface area contributed by atoms with Gasteiger partial charge in [0.2, 0.25) is 0 Å². The van der Waals surface area contributed by atoms with Gasteiger partial charge in [-0.1, -0.05) is 6.07 Å². The summed E-state index contributed by atoms with van der Waals surface area (Å²) in [5.74, 6) is 0.157. The van der Waals surface area contributed by atoms with Crippen LogP contribution in [0, 0.1) is 10.1 Å². The number of rotatable bonds is 4. The van der Waals surface area contributed by atoms with Crippen LogP contribution < -0.4 is 15.4 Å². The van der Waals surface area contributed by atoms with E-state index in [0.717, 1.165) is 0 Å². The monoisotopic (exact) mass is 409 g/mol. The molecular weight excluding hydrogens is 398 g/mol. The second-order valence-corrected chi connectivity index (χ2v) is 5.82. The van der Waals surface area contributed by atoms with Gasteiger partial charge in [-0.05, 0) is 52.4 Å². The van der Waals surface area contributed by atoms with E-state index in [1.54, 1.807) is 24.3 Å². The number of methoxy groups -OCH3 is 1. The van der Waals surface area contributed by atoms with E-state index in [9.17, 15) is 14.9 Å². The van der Waals surface area contributed by atoms with E-state index in [1.165, 1.54) is 25.3 Å². The summed E-state index contributed by atoms with van der Waals surface area (Å²) in [5.41, 5.74) is 0.830. The average Bonchev–Trinajstić information content (AvgIpc) is 2.56. The number of nitro groups is 1. The van der Waals surface area contributed by atoms with Crippen LogP contribution in [0.2, 0.25) is 0 Å². The fourth-order valence-corrected chi connectivity index (χ4v) is 2.48. The minimum absolute atomic E-state index is 0.0567. The molecule has 0 spiro atoms. The molecule has 0 saturated heterocycles. The van der Waals surface area contributed by atoms with Crippen molar-refractivity contribution < 1.29 is 14.5 Å². The lowest BCUT2D eigenvalue weighted by molar-refractivity contribution is -0.384. The molecule has 2 aromatic carbocycles. The number of nitrogens with zero attached hydrogens (tertiary/aromatic N) is 1. The minimum atomic E-state index is -0.503. The Morgan fingerprint density at radius 3 is 2.67 bits per heavy atom. The van der Waals surface area contributed by atoms with Gasteiger partial charge in [0.1, 0.15) is 5.75 Å². The first-order valence-electron chi connectivity index (χ1n) is 6.61. The molecule has 2 N–H and O–H groups in total. The predicted molar refractivity (Wildman–Crippen MR) is 97.5 cm³/mol. The standard InChI is InChI=1S/C15H12BrN3O4S/c1-23-11-4-2-3-9(7-11)14(20)18-15(24)17-13-6-5-10(19(21)22)8-12(13)16/h2-8H,1H3,(H2,17,18,20,24). The van der Waals surface area contributed by atoms with E-state index in [0.29, 0.717) is 21.5 Å². The molecule has 1 amide bonds. The smallest absolute Gasteiger partial charge is 0.270 e. The lowest BCUT2D eigenvalue weighted by Gasteiger charge is -2.11. The number of hydrogen-bond donors (Lipinski definition) is 2. The quantitative estimate of drug-likeness (QED) is 0.455. The van der Waals surface area contributed by atoms with Crippen LogP contribution in [0.5, 0.6) is 5.75 Å². The fourth-order valence-electron chi connectivity index (χ4n) is 1.81. The van der Waals surface area contributed by atoms with E-state index in [4.69, 9.17) is 17.0 Å². The van der Waals surface area contributed by atoms with E-state index in [2.05, 4.69) is 26.6 Å². The first kappa shape index (κ1) is 17.8. The summed E-state index contributed by atoms with van der Waals surface area (Å²) in [4.78, 5) is 22.4. The van der Waals surface area contributed by atoms with Gasteiger partial charge in [-0.3, -0.25) is 20.2 Å². The van der Waals surface area contributed by atoms with Gasteiger partial charge in [-0.15, -0.1) is 0 Å². The maximum Gasteiger partial charge on any atom is 0.270 e. The molecule has 0 aromatic heterocycles. The topological polar surface area (TPSA) is 93.5 Å². The average molecular weight is 410 g/mol. The Morgan fingerprint density at radius 2 is 2.04 bits per heavy atom. The van der Waals surface area contributed by atoms with E-state index in [-0.39, 0.29) is 10.8 Å². The number of nitrogens with one attached hydrogen (secondary N) is 2. The molecule has 0 radical (unpaired) electrons. The van der Waals surface area contributed by atoms with Crippen LogP contribution in [0.15, 0.2) is 46.9 Å². The van der Waals surface area contributed by atoms with E-state index < -0.39 is 10.8 Å². The largest absolute Gasteiger partial charge is 0.497 e. The Kier molecular flexibility index (Phi) is 5.83. The lowest BCUT2D eigenvalue weighted by atomic mass is 10.2. The van der Waals surface area contributed by atoms with Crippen molar-refractivity contribution in [3.63, 3.8) is 0 Å². The van der Waals surface area contributed by atoms with Crippen LogP contribution in [0.1, 0.15) is 10.4 Å². The van der Waals surface area contributed by atoms with E-state index in [1.807, 2.05) is 0 Å². The van der Waals surface area contributed by atoms with Crippen LogP contribution in [-0.4, -0.2) is 23.1 Å². The van der Waals surface area contributed by atoms with Gasteiger partial charge in [0.05, 0.1) is 17.7 Å². The molecule has 0 aliphatic carbocycles. The summed E-state index contributed by atoms with van der Waals surface area (Å²) >= 11 is 8.31. The number of carbonyl (C=O) groups is 1. The van der Waals surface area contributed by atoms with Gasteiger partial charge in [-0.2, -0.15) is 0 Å². The zero-order valence-electron chi connectivity index (χ0n) is 12.4. The molecule has 7 nitrogen and oxygen atoms in total. The van der Waals surface area contributed by atoms with Gasteiger partial charge >= 0.3 is 0 Å². The number of non-ortho nitro benzene ring substituents is 1. The molecule has 9 heteroatoms. The van der Waals surface area contributed by atoms with Crippen molar-refractivity contribution in [2.75, 3.05) is 12.4 Å². The minimum Gasteiger partial charge on any atom is -0.497 e. The number of benzene rings is 2. The SMILES string of the molecule is COc1cccc(C(=O)NC(=S)Nc2ccc([N+](=O)[O-])cc2Br)c1. The van der Waals surface area contributed by atoms with E-state index >= 15 is 0 Å². The maximum atomic E-state index is 12.1. The summed E-state index contributed by atoms with van der Waals surface area (Å²) in [6.07, 6.45) is 0. The van der Waals surface area contributed by atoms with Crippen molar-refractivity contribution >= 4 is 50.5 Å². The third-order valence-corrected chi connectivity index (χ3v) is 3.83. The number of nitro benzene ring substituents is 1. The highest BCUT2D eigenvalue weighted by Crippen LogP contribution is 2.27. The molecule has 24 heavy (non-hydrogen) atoms. The van der Waals surface area contributed by atoms with Gasteiger partial charge in [0.25, 0.3) is 11.6 Å². The highest BCUT2D eigenvalue weighted by atomic mass is 79.9. The van der Waals surface area contributed by atoms with Gasteiger partial charge in [0, 0.05) is 22.2 Å². The number of anilines is 1. The van der Waals surface area contributed by atoms with Crippen molar-refractivity contribution in [2.45, 2.75) is 0 Å². The normalized spacial score (nSPS) is 9.92. The number of ether oxygens (including phenoxy) is 1. The summed E-state index contributed by atoms with van der Waals surface area (Å²) in [6, 6.07) is 10.8. The number of hydrogen-bond acceptors (Lipinski definition) is 5. The first-order chi connectivity index (χ1) is 11.4. The van der Waals surface area contributed by atoms with Crippen LogP contribution >= 0.6 is 28.1 Å². The van der Waals surface area contributed by atoms with Crippen LogP contribution in [0.25, 0.3) is 0 Å². The molecule has 0 fully saturated rings. The van der Waals surface area contributed by atoms with Crippen molar-refractivity contribution in [1.82, 2.24) is 5.32 Å². The number of thiocarbonyl (C=S) groups is 1. The Morgan fingerprint density at radius 1 is 1.29 bits per heavy atom. The van der Waals surface area contributed by atoms with Crippen LogP contribution in [-0.2, 0) is 0 Å². The van der Waals surface area contributed by atoms with Crippen molar-refractivity contribution in [2.24, 2.45) is 0 Å². The van der Waals surface area contributed by atoms with Crippen LogP contribution in [0.4, 0.5) is 11.4 Å². The molecule has 0 saturated carbocycles. The predicted octanol–water partition coefficient (Wildman–Crippen LogP) is 3.49. The van der Waals surface area contributed by atoms with Gasteiger partial charge in [-0.25, -0.2) is 0 Å². The molecule has 0 aliphatic rings. The maximum absolute atomic E-state index is 12.1. The van der Waals surface area contributed by atoms with Gasteiger partial charge < -0.3 is 10.1 Å². The first-order valence-corrected chi connectivity index (χ1v) is 7.81. The van der Waals surface area contributed by atoms with Gasteiger partial charge in [0.15, 0.2) is 5.11 Å². The number of amides is 1. The molecule has 0 heterocycles. The second kappa shape index (κ2) is 7.84. The molecular formula is C15H12BrN3O4S. The fraction of sp³-hybridized carbons (Fsp3) is 0.0667. The Balaban J connectivity index is 2.05. The van der Waals surface area contributed by atoms with Crippen LogP contribution in [0.3, 0.4) is 0 Å². The Labute approximate surface area is 151 Å². The summed E-state index contributed by atoms with van der Waals surface area (Å²) in [5, 5.41) is 16.1. The molecule has 0 aliphatic heterocycles. The second-order valence-electron chi connectivity index (χ2n) is 4.56. The third kappa shape index (κ3) is 4.49. The lowest BCUT2D eigenvalue weighted by Crippen LogP contribution is -2.34. The molecule has 0 unspecified atom stereocenters. The Hall–Kier alpha value is -2.52. The zero-order chi connectivity index (χ0) is 17.7. The summed E-state index contributed by atoms with van der Waals surface area (Å²) < 4.78 is 5.52. The highest BCUT2D eigenvalue weighted by Gasteiger charge is 2.12. The molecule has 2 aromatic rings. The van der Waals surface area contributed by atoms with Crippen molar-refractivity contribution in [3.05, 3.63) is 62.6 Å². The Bertz CT molecular complexity index is 813. The molecule has 124 valence electrons. The third-order valence-electron chi connectivity index (χ3n) is 2.97. The summed E-state index contributed by atoms with van der Waals surface area (Å²) in [7, 11) is 1.51.